The minimum absolute atomic E-state index is 0.0821. The number of anilines is 1. The second-order valence-electron chi connectivity index (χ2n) is 10.6. The van der Waals surface area contributed by atoms with E-state index in [0.717, 1.165) is 27.8 Å². The first-order valence-corrected chi connectivity index (χ1v) is 15.9. The van der Waals surface area contributed by atoms with Crippen molar-refractivity contribution in [1.82, 2.24) is 10.2 Å². The van der Waals surface area contributed by atoms with E-state index < -0.39 is 28.5 Å². The molecule has 0 radical (unpaired) electrons. The van der Waals surface area contributed by atoms with Crippen LogP contribution in [0.4, 0.5) is 5.69 Å². The highest BCUT2D eigenvalue weighted by Crippen LogP contribution is 2.29. The Labute approximate surface area is 255 Å². The maximum absolute atomic E-state index is 14.5. The fourth-order valence-corrected chi connectivity index (χ4v) is 6.55. The molecule has 4 rings (SSSR count). The third-order valence-corrected chi connectivity index (χ3v) is 9.45. The quantitative estimate of drug-likeness (QED) is 0.231. The first-order chi connectivity index (χ1) is 20.6. The third kappa shape index (κ3) is 7.51. The summed E-state index contributed by atoms with van der Waals surface area (Å²) in [6.07, 6.45) is 0.277. The van der Waals surface area contributed by atoms with E-state index in [1.807, 2.05) is 88.4 Å². The number of carbonyl (C=O) groups excluding carboxylic acids is 2. The minimum Gasteiger partial charge on any atom is -0.355 e. The summed E-state index contributed by atoms with van der Waals surface area (Å²) < 4.78 is 29.5. The summed E-state index contributed by atoms with van der Waals surface area (Å²) in [4.78, 5) is 29.7. The second-order valence-corrected chi connectivity index (χ2v) is 12.5. The van der Waals surface area contributed by atoms with Crippen LogP contribution in [0, 0.1) is 20.8 Å². The van der Waals surface area contributed by atoms with E-state index in [1.165, 1.54) is 21.3 Å². The standard InChI is InChI=1S/C35H39N3O4S/c1-5-36-35(40)33(23-29-17-8-6-9-18-29)37(24-30-19-13-12-15-27(30)3)34(39)25-38(32-22-14-16-26(2)28(32)4)43(41,42)31-20-10-7-11-21-31/h6-22,33H,5,23-25H2,1-4H3,(H,36,40)/t33-/m0/s1. The maximum Gasteiger partial charge on any atom is 0.264 e. The molecule has 224 valence electrons. The van der Waals surface area contributed by atoms with Crippen molar-refractivity contribution in [2.75, 3.05) is 17.4 Å². The lowest BCUT2D eigenvalue weighted by molar-refractivity contribution is -0.140. The molecule has 0 heterocycles. The molecule has 43 heavy (non-hydrogen) atoms. The summed E-state index contributed by atoms with van der Waals surface area (Å²) in [7, 11) is -4.13. The number of hydrogen-bond acceptors (Lipinski definition) is 4. The second kappa shape index (κ2) is 14.2. The molecule has 0 aliphatic rings. The molecule has 1 atom stereocenters. The molecular formula is C35H39N3O4S. The predicted molar refractivity (Wildman–Crippen MR) is 171 cm³/mol. The normalized spacial score (nSPS) is 11.9. The Bertz CT molecular complexity index is 1660. The number of nitrogens with one attached hydrogen (secondary N) is 1. The number of likely N-dealkylation sites (N-methyl/N-ethyl adjacent to an activating group) is 1. The van der Waals surface area contributed by atoms with E-state index in [-0.39, 0.29) is 23.8 Å². The predicted octanol–water partition coefficient (Wildman–Crippen LogP) is 5.58. The molecule has 4 aromatic carbocycles. The summed E-state index contributed by atoms with van der Waals surface area (Å²) in [6, 6.07) is 29.9. The number of sulfonamides is 1. The van der Waals surface area contributed by atoms with Crippen molar-refractivity contribution in [1.29, 1.82) is 0 Å². The number of hydrogen-bond donors (Lipinski definition) is 1. The zero-order valence-electron chi connectivity index (χ0n) is 25.2. The van der Waals surface area contributed by atoms with Crippen molar-refractivity contribution >= 4 is 27.5 Å². The fourth-order valence-electron chi connectivity index (χ4n) is 5.06. The Morgan fingerprint density at radius 1 is 0.767 bits per heavy atom. The van der Waals surface area contributed by atoms with Crippen molar-refractivity contribution < 1.29 is 18.0 Å². The number of nitrogens with zero attached hydrogens (tertiary/aromatic N) is 2. The van der Waals surface area contributed by atoms with Gasteiger partial charge in [-0.05, 0) is 73.7 Å². The van der Waals surface area contributed by atoms with Crippen molar-refractivity contribution in [3.8, 4) is 0 Å². The molecule has 0 saturated carbocycles. The first kappa shape index (κ1) is 31.5. The minimum atomic E-state index is -4.13. The largest absolute Gasteiger partial charge is 0.355 e. The smallest absolute Gasteiger partial charge is 0.264 e. The highest BCUT2D eigenvalue weighted by atomic mass is 32.2. The van der Waals surface area contributed by atoms with Gasteiger partial charge in [-0.2, -0.15) is 0 Å². The van der Waals surface area contributed by atoms with Crippen molar-refractivity contribution in [3.63, 3.8) is 0 Å². The summed E-state index contributed by atoms with van der Waals surface area (Å²) in [6.45, 7) is 7.61. The Kier molecular flexibility index (Phi) is 10.4. The Hall–Kier alpha value is -4.43. The van der Waals surface area contributed by atoms with E-state index in [0.29, 0.717) is 12.2 Å². The van der Waals surface area contributed by atoms with Gasteiger partial charge in [-0.25, -0.2) is 8.42 Å². The molecule has 0 aliphatic carbocycles. The zero-order valence-corrected chi connectivity index (χ0v) is 26.0. The van der Waals surface area contributed by atoms with Crippen LogP contribution >= 0.6 is 0 Å². The van der Waals surface area contributed by atoms with Gasteiger partial charge in [-0.15, -0.1) is 0 Å². The van der Waals surface area contributed by atoms with Crippen LogP contribution in [-0.4, -0.2) is 44.3 Å². The molecule has 0 unspecified atom stereocenters. The van der Waals surface area contributed by atoms with Crippen LogP contribution in [0.3, 0.4) is 0 Å². The van der Waals surface area contributed by atoms with E-state index in [9.17, 15) is 18.0 Å². The van der Waals surface area contributed by atoms with Crippen LogP contribution in [0.15, 0.2) is 108 Å². The van der Waals surface area contributed by atoms with E-state index in [4.69, 9.17) is 0 Å². The molecule has 2 amide bonds. The molecule has 1 N–H and O–H groups in total. The van der Waals surface area contributed by atoms with Crippen LogP contribution in [0.2, 0.25) is 0 Å². The first-order valence-electron chi connectivity index (χ1n) is 14.4. The average molecular weight is 598 g/mol. The Morgan fingerprint density at radius 2 is 1.37 bits per heavy atom. The Morgan fingerprint density at radius 3 is 2.02 bits per heavy atom. The van der Waals surface area contributed by atoms with E-state index in [1.54, 1.807) is 30.3 Å². The van der Waals surface area contributed by atoms with Crippen molar-refractivity contribution in [2.24, 2.45) is 0 Å². The summed E-state index contributed by atoms with van der Waals surface area (Å²) in [5.74, 6) is -0.770. The van der Waals surface area contributed by atoms with Crippen LogP contribution in [0.5, 0.6) is 0 Å². The van der Waals surface area contributed by atoms with Crippen molar-refractivity contribution in [2.45, 2.75) is 51.6 Å². The molecule has 0 aromatic heterocycles. The van der Waals surface area contributed by atoms with Gasteiger partial charge < -0.3 is 10.2 Å². The summed E-state index contributed by atoms with van der Waals surface area (Å²) >= 11 is 0. The van der Waals surface area contributed by atoms with E-state index in [2.05, 4.69) is 5.32 Å². The lowest BCUT2D eigenvalue weighted by Gasteiger charge is -2.34. The van der Waals surface area contributed by atoms with Crippen LogP contribution in [0.1, 0.15) is 34.7 Å². The maximum atomic E-state index is 14.5. The highest BCUT2D eigenvalue weighted by molar-refractivity contribution is 7.92. The van der Waals surface area contributed by atoms with Crippen LogP contribution in [-0.2, 0) is 32.6 Å². The molecule has 0 aliphatic heterocycles. The van der Waals surface area contributed by atoms with Gasteiger partial charge in [-0.1, -0.05) is 84.9 Å². The third-order valence-electron chi connectivity index (χ3n) is 7.68. The molecule has 7 nitrogen and oxygen atoms in total. The van der Waals surface area contributed by atoms with E-state index >= 15 is 0 Å². The molecule has 0 saturated heterocycles. The van der Waals surface area contributed by atoms with Gasteiger partial charge >= 0.3 is 0 Å². The molecule has 0 bridgehead atoms. The van der Waals surface area contributed by atoms with Crippen molar-refractivity contribution in [3.05, 3.63) is 131 Å². The monoisotopic (exact) mass is 597 g/mol. The highest BCUT2D eigenvalue weighted by Gasteiger charge is 2.35. The summed E-state index contributed by atoms with van der Waals surface area (Å²) in [5.41, 5.74) is 4.82. The van der Waals surface area contributed by atoms with Gasteiger partial charge in [0.15, 0.2) is 0 Å². The average Bonchev–Trinajstić information content (AvgIpc) is 3.01. The molecular weight excluding hydrogens is 558 g/mol. The zero-order chi connectivity index (χ0) is 31.0. The van der Waals surface area contributed by atoms with Gasteiger partial charge in [0, 0.05) is 19.5 Å². The number of amides is 2. The number of benzene rings is 4. The molecule has 4 aromatic rings. The van der Waals surface area contributed by atoms with Gasteiger partial charge in [0.05, 0.1) is 10.6 Å². The number of aryl methyl sites for hydroxylation is 2. The lowest BCUT2D eigenvalue weighted by atomic mass is 10.0. The van der Waals surface area contributed by atoms with Crippen LogP contribution < -0.4 is 9.62 Å². The van der Waals surface area contributed by atoms with Crippen LogP contribution in [0.25, 0.3) is 0 Å². The SMILES string of the molecule is CCNC(=O)[C@H](Cc1ccccc1)N(Cc1ccccc1C)C(=O)CN(c1cccc(C)c1C)S(=O)(=O)c1ccccc1. The number of carbonyl (C=O) groups is 2. The topological polar surface area (TPSA) is 86.8 Å². The van der Waals surface area contributed by atoms with Gasteiger partial charge in [0.2, 0.25) is 11.8 Å². The van der Waals surface area contributed by atoms with Gasteiger partial charge in [-0.3, -0.25) is 13.9 Å². The lowest BCUT2D eigenvalue weighted by Crippen LogP contribution is -2.53. The fraction of sp³-hybridized carbons (Fsp3) is 0.257. The Balaban J connectivity index is 1.83. The molecule has 0 fully saturated rings. The van der Waals surface area contributed by atoms with Gasteiger partial charge in [0.25, 0.3) is 10.0 Å². The molecule has 8 heteroatoms. The molecule has 0 spiro atoms. The summed E-state index contributed by atoms with van der Waals surface area (Å²) in [5, 5.41) is 2.89. The number of rotatable bonds is 12. The van der Waals surface area contributed by atoms with Gasteiger partial charge in [0.1, 0.15) is 12.6 Å².